The van der Waals surface area contributed by atoms with Crippen molar-refractivity contribution in [1.82, 2.24) is 15.5 Å². The first-order valence-electron chi connectivity index (χ1n) is 7.27. The molecule has 1 heterocycles. The van der Waals surface area contributed by atoms with E-state index in [4.69, 9.17) is 14.3 Å². The molecular weight excluding hydrogens is 314 g/mol. The molecule has 0 aliphatic carbocycles. The van der Waals surface area contributed by atoms with E-state index >= 15 is 0 Å². The van der Waals surface area contributed by atoms with Gasteiger partial charge in [-0.15, -0.1) is 10.2 Å². The van der Waals surface area contributed by atoms with E-state index < -0.39 is 11.5 Å². The smallest absolute Gasteiger partial charge is 0.305 e. The fourth-order valence-electron chi connectivity index (χ4n) is 2.31. The molecule has 1 unspecified atom stereocenters. The first-order chi connectivity index (χ1) is 11.3. The second kappa shape index (κ2) is 7.22. The molecule has 1 amide bonds. The molecule has 24 heavy (non-hydrogen) atoms. The third-order valence-corrected chi connectivity index (χ3v) is 3.34. The molecule has 0 saturated heterocycles. The van der Waals surface area contributed by atoms with Crippen molar-refractivity contribution in [3.05, 3.63) is 35.7 Å². The largest absolute Gasteiger partial charge is 0.481 e. The van der Waals surface area contributed by atoms with Crippen LogP contribution in [0.15, 0.2) is 28.7 Å². The predicted octanol–water partition coefficient (Wildman–Crippen LogP) is 1.65. The number of carbonyl (C=O) groups is 2. The van der Waals surface area contributed by atoms with Gasteiger partial charge in [0, 0.05) is 25.2 Å². The van der Waals surface area contributed by atoms with E-state index in [0.29, 0.717) is 22.9 Å². The second-order valence-electron chi connectivity index (χ2n) is 5.72. The second-order valence-corrected chi connectivity index (χ2v) is 5.72. The Morgan fingerprint density at radius 1 is 1.29 bits per heavy atom. The van der Waals surface area contributed by atoms with Crippen molar-refractivity contribution in [2.45, 2.75) is 25.8 Å². The first-order valence-corrected chi connectivity index (χ1v) is 7.27. The molecule has 1 atom stereocenters. The lowest BCUT2D eigenvalue weighted by Crippen LogP contribution is -2.50. The van der Waals surface area contributed by atoms with Crippen LogP contribution >= 0.6 is 0 Å². The SMILES string of the molecule is COCC(C)(CC(=O)O)NC(=O)c1ccc(-c2nnc(C)o2)cc1. The number of carbonyl (C=O) groups excluding carboxylic acids is 1. The molecule has 128 valence electrons. The molecule has 2 N–H and O–H groups in total. The first kappa shape index (κ1) is 17.6. The topological polar surface area (TPSA) is 115 Å². The molecule has 1 aromatic heterocycles. The minimum absolute atomic E-state index is 0.0877. The van der Waals surface area contributed by atoms with Crippen LogP contribution in [0.4, 0.5) is 0 Å². The number of methoxy groups -OCH3 is 1. The van der Waals surface area contributed by atoms with Gasteiger partial charge >= 0.3 is 5.97 Å². The van der Waals surface area contributed by atoms with Crippen LogP contribution in [-0.4, -0.2) is 46.4 Å². The van der Waals surface area contributed by atoms with Crippen molar-refractivity contribution in [3.8, 4) is 11.5 Å². The number of amides is 1. The van der Waals surface area contributed by atoms with Crippen molar-refractivity contribution < 1.29 is 23.8 Å². The van der Waals surface area contributed by atoms with Crippen LogP contribution in [-0.2, 0) is 9.53 Å². The summed E-state index contributed by atoms with van der Waals surface area (Å²) < 4.78 is 10.3. The molecule has 0 spiro atoms. The zero-order chi connectivity index (χ0) is 17.7. The van der Waals surface area contributed by atoms with Gasteiger partial charge in [0.1, 0.15) is 0 Å². The van der Waals surface area contributed by atoms with Crippen molar-refractivity contribution in [1.29, 1.82) is 0 Å². The fourth-order valence-corrected chi connectivity index (χ4v) is 2.31. The van der Waals surface area contributed by atoms with Gasteiger partial charge in [0.15, 0.2) is 0 Å². The average molecular weight is 333 g/mol. The number of benzene rings is 1. The summed E-state index contributed by atoms with van der Waals surface area (Å²) in [4.78, 5) is 23.3. The highest BCUT2D eigenvalue weighted by Gasteiger charge is 2.30. The number of hydrogen-bond donors (Lipinski definition) is 2. The predicted molar refractivity (Wildman–Crippen MR) is 84.5 cm³/mol. The molecule has 2 rings (SSSR count). The van der Waals surface area contributed by atoms with Crippen LogP contribution in [0, 0.1) is 6.92 Å². The molecule has 0 fully saturated rings. The maximum atomic E-state index is 12.4. The number of nitrogens with zero attached hydrogens (tertiary/aromatic N) is 2. The molecule has 8 nitrogen and oxygen atoms in total. The zero-order valence-electron chi connectivity index (χ0n) is 13.7. The van der Waals surface area contributed by atoms with Gasteiger partial charge in [-0.2, -0.15) is 0 Å². The number of rotatable bonds is 7. The fraction of sp³-hybridized carbons (Fsp3) is 0.375. The number of ether oxygens (including phenoxy) is 1. The van der Waals surface area contributed by atoms with E-state index in [1.165, 1.54) is 7.11 Å². The molecule has 0 radical (unpaired) electrons. The number of nitrogens with one attached hydrogen (secondary N) is 1. The van der Waals surface area contributed by atoms with E-state index in [0.717, 1.165) is 0 Å². The Hall–Kier alpha value is -2.74. The van der Waals surface area contributed by atoms with Crippen LogP contribution in [0.1, 0.15) is 29.6 Å². The number of aliphatic carboxylic acids is 1. The highest BCUT2D eigenvalue weighted by molar-refractivity contribution is 5.95. The normalized spacial score (nSPS) is 13.3. The Morgan fingerprint density at radius 3 is 2.46 bits per heavy atom. The third-order valence-electron chi connectivity index (χ3n) is 3.34. The lowest BCUT2D eigenvalue weighted by atomic mass is 9.98. The van der Waals surface area contributed by atoms with Crippen molar-refractivity contribution in [2.24, 2.45) is 0 Å². The van der Waals surface area contributed by atoms with E-state index in [9.17, 15) is 9.59 Å². The summed E-state index contributed by atoms with van der Waals surface area (Å²) >= 11 is 0. The molecule has 0 aliphatic heterocycles. The molecule has 1 aromatic carbocycles. The summed E-state index contributed by atoms with van der Waals surface area (Å²) in [6.45, 7) is 3.40. The third kappa shape index (κ3) is 4.39. The number of carboxylic acids is 1. The summed E-state index contributed by atoms with van der Waals surface area (Å²) in [6, 6.07) is 6.59. The van der Waals surface area contributed by atoms with E-state index in [2.05, 4.69) is 15.5 Å². The van der Waals surface area contributed by atoms with Crippen LogP contribution in [0.25, 0.3) is 11.5 Å². The molecule has 0 aliphatic rings. The highest BCUT2D eigenvalue weighted by atomic mass is 16.5. The lowest BCUT2D eigenvalue weighted by molar-refractivity contribution is -0.139. The van der Waals surface area contributed by atoms with Gasteiger partial charge in [-0.1, -0.05) is 0 Å². The van der Waals surface area contributed by atoms with Crippen molar-refractivity contribution in [3.63, 3.8) is 0 Å². The summed E-state index contributed by atoms with van der Waals surface area (Å²) in [5.41, 5.74) is 0.0833. The average Bonchev–Trinajstić information content (AvgIpc) is 2.93. The molecule has 0 saturated carbocycles. The van der Waals surface area contributed by atoms with E-state index in [1.54, 1.807) is 38.1 Å². The summed E-state index contributed by atoms with van der Waals surface area (Å²) in [6.07, 6.45) is -0.244. The summed E-state index contributed by atoms with van der Waals surface area (Å²) in [7, 11) is 1.45. The standard InChI is InChI=1S/C16H19N3O5/c1-10-18-19-15(24-10)12-6-4-11(5-7-12)14(22)17-16(2,9-23-3)8-13(20)21/h4-7H,8-9H2,1-3H3,(H,17,22)(H,20,21). The van der Waals surface area contributed by atoms with Crippen molar-refractivity contribution in [2.75, 3.05) is 13.7 Å². The van der Waals surface area contributed by atoms with Crippen LogP contribution < -0.4 is 5.32 Å². The number of carboxylic acid groups (broad SMARTS) is 1. The Labute approximate surface area is 138 Å². The molecule has 0 bridgehead atoms. The Balaban J connectivity index is 2.12. The molecule has 8 heteroatoms. The van der Waals surface area contributed by atoms with Gasteiger partial charge in [-0.25, -0.2) is 0 Å². The molecule has 2 aromatic rings. The summed E-state index contributed by atoms with van der Waals surface area (Å²) in [5, 5.41) is 19.4. The monoisotopic (exact) mass is 333 g/mol. The Bertz CT molecular complexity index is 726. The van der Waals surface area contributed by atoms with Gasteiger partial charge in [0.25, 0.3) is 5.91 Å². The lowest BCUT2D eigenvalue weighted by Gasteiger charge is -2.28. The molecular formula is C16H19N3O5. The minimum Gasteiger partial charge on any atom is -0.481 e. The zero-order valence-corrected chi connectivity index (χ0v) is 13.7. The van der Waals surface area contributed by atoms with Gasteiger partial charge < -0.3 is 19.6 Å². The number of hydrogen-bond acceptors (Lipinski definition) is 6. The van der Waals surface area contributed by atoms with Crippen LogP contribution in [0.5, 0.6) is 0 Å². The van der Waals surface area contributed by atoms with E-state index in [-0.39, 0.29) is 18.9 Å². The van der Waals surface area contributed by atoms with Crippen LogP contribution in [0.3, 0.4) is 0 Å². The van der Waals surface area contributed by atoms with Crippen LogP contribution in [0.2, 0.25) is 0 Å². The summed E-state index contributed by atoms with van der Waals surface area (Å²) in [5.74, 6) is -0.577. The van der Waals surface area contributed by atoms with Gasteiger partial charge in [-0.3, -0.25) is 9.59 Å². The van der Waals surface area contributed by atoms with E-state index in [1.807, 2.05) is 0 Å². The quantitative estimate of drug-likeness (QED) is 0.791. The Morgan fingerprint density at radius 2 is 1.96 bits per heavy atom. The maximum Gasteiger partial charge on any atom is 0.305 e. The minimum atomic E-state index is -1.02. The Kier molecular flexibility index (Phi) is 5.30. The van der Waals surface area contributed by atoms with Gasteiger partial charge in [0.2, 0.25) is 11.8 Å². The van der Waals surface area contributed by atoms with Crippen molar-refractivity contribution >= 4 is 11.9 Å². The number of aromatic nitrogens is 2. The van der Waals surface area contributed by atoms with Gasteiger partial charge in [-0.05, 0) is 31.2 Å². The van der Waals surface area contributed by atoms with Gasteiger partial charge in [0.05, 0.1) is 18.6 Å². The highest BCUT2D eigenvalue weighted by Crippen LogP contribution is 2.19. The number of aryl methyl sites for hydroxylation is 1. The maximum absolute atomic E-state index is 12.4.